The maximum absolute atomic E-state index is 11.9. The van der Waals surface area contributed by atoms with E-state index in [4.69, 9.17) is 0 Å². The highest BCUT2D eigenvalue weighted by molar-refractivity contribution is 6.04. The van der Waals surface area contributed by atoms with Crippen molar-refractivity contribution in [3.63, 3.8) is 0 Å². The lowest BCUT2D eigenvalue weighted by Gasteiger charge is -2.13. The molecule has 1 unspecified atom stereocenters. The quantitative estimate of drug-likeness (QED) is 0.743. The van der Waals surface area contributed by atoms with Gasteiger partial charge in [-0.05, 0) is 6.54 Å². The van der Waals surface area contributed by atoms with Gasteiger partial charge in [0.2, 0.25) is 5.91 Å². The summed E-state index contributed by atoms with van der Waals surface area (Å²) in [5.41, 5.74) is 0.924. The highest BCUT2D eigenvalue weighted by Crippen LogP contribution is 2.24. The lowest BCUT2D eigenvalue weighted by molar-refractivity contribution is -0.137. The Kier molecular flexibility index (Phi) is 3.23. The minimum absolute atomic E-state index is 0.136. The van der Waals surface area contributed by atoms with Crippen molar-refractivity contribution in [2.45, 2.75) is 25.9 Å². The van der Waals surface area contributed by atoms with Crippen LogP contribution in [0.2, 0.25) is 0 Å². The number of likely N-dealkylation sites (N-methyl/N-ethyl adjacent to an activating group) is 1. The fourth-order valence-electron chi connectivity index (χ4n) is 1.96. The van der Waals surface area contributed by atoms with Crippen LogP contribution in [0.4, 0.5) is 0 Å². The average Bonchev–Trinajstić information content (AvgIpc) is 2.87. The smallest absolute Gasteiger partial charge is 0.252 e. The van der Waals surface area contributed by atoms with E-state index in [2.05, 4.69) is 10.3 Å². The standard InChI is InChI=1S/C11H16N4O2/c1-3-12-5-8-6-13-7-15(8)9-4-10(16)14(2)11(9)17/h6-7,9,12H,3-5H2,1-2H3. The number of nitrogens with zero attached hydrogens (tertiary/aromatic N) is 3. The van der Waals surface area contributed by atoms with Gasteiger partial charge < -0.3 is 9.88 Å². The summed E-state index contributed by atoms with van der Waals surface area (Å²) < 4.78 is 1.78. The van der Waals surface area contributed by atoms with Crippen molar-refractivity contribution < 1.29 is 9.59 Å². The van der Waals surface area contributed by atoms with Crippen LogP contribution in [0.15, 0.2) is 12.5 Å². The van der Waals surface area contributed by atoms with Crippen molar-refractivity contribution in [1.82, 2.24) is 19.8 Å². The summed E-state index contributed by atoms with van der Waals surface area (Å²) in [4.78, 5) is 28.6. The van der Waals surface area contributed by atoms with Crippen molar-refractivity contribution in [3.05, 3.63) is 18.2 Å². The topological polar surface area (TPSA) is 67.2 Å². The Labute approximate surface area is 99.6 Å². The molecule has 1 aliphatic rings. The summed E-state index contributed by atoms with van der Waals surface area (Å²) >= 11 is 0. The first kappa shape index (κ1) is 11.8. The molecule has 0 radical (unpaired) electrons. The molecule has 1 atom stereocenters. The first-order valence-electron chi connectivity index (χ1n) is 5.67. The summed E-state index contributed by atoms with van der Waals surface area (Å²) in [5, 5.41) is 3.18. The number of imidazole rings is 1. The van der Waals surface area contributed by atoms with Crippen molar-refractivity contribution in [2.75, 3.05) is 13.6 Å². The molecule has 1 saturated heterocycles. The monoisotopic (exact) mass is 236 g/mol. The Morgan fingerprint density at radius 3 is 2.88 bits per heavy atom. The lowest BCUT2D eigenvalue weighted by Crippen LogP contribution is -2.27. The summed E-state index contributed by atoms with van der Waals surface area (Å²) in [6.45, 7) is 3.51. The molecule has 0 bridgehead atoms. The van der Waals surface area contributed by atoms with Crippen LogP contribution >= 0.6 is 0 Å². The number of imide groups is 1. The molecule has 2 amide bonds. The number of rotatable bonds is 4. The molecule has 17 heavy (non-hydrogen) atoms. The van der Waals surface area contributed by atoms with Crippen LogP contribution in [0.1, 0.15) is 25.1 Å². The third kappa shape index (κ3) is 2.08. The average molecular weight is 236 g/mol. The molecule has 1 aliphatic heterocycles. The Hall–Kier alpha value is -1.69. The van der Waals surface area contributed by atoms with Crippen LogP contribution < -0.4 is 5.32 Å². The van der Waals surface area contributed by atoms with Crippen LogP contribution in [0.5, 0.6) is 0 Å². The second kappa shape index (κ2) is 4.67. The van der Waals surface area contributed by atoms with Crippen molar-refractivity contribution in [3.8, 4) is 0 Å². The van der Waals surface area contributed by atoms with Gasteiger partial charge in [0, 0.05) is 19.8 Å². The predicted molar refractivity (Wildman–Crippen MR) is 61.0 cm³/mol. The fourth-order valence-corrected chi connectivity index (χ4v) is 1.96. The predicted octanol–water partition coefficient (Wildman–Crippen LogP) is -0.0776. The molecule has 0 aliphatic carbocycles. The first-order valence-corrected chi connectivity index (χ1v) is 5.67. The van der Waals surface area contributed by atoms with Crippen LogP contribution in [0.3, 0.4) is 0 Å². The van der Waals surface area contributed by atoms with E-state index >= 15 is 0 Å². The highest BCUT2D eigenvalue weighted by atomic mass is 16.2. The van der Waals surface area contributed by atoms with Gasteiger partial charge in [0.15, 0.2) is 0 Å². The number of carbonyl (C=O) groups excluding carboxylic acids is 2. The van der Waals surface area contributed by atoms with Gasteiger partial charge in [-0.15, -0.1) is 0 Å². The van der Waals surface area contributed by atoms with Crippen LogP contribution in [-0.2, 0) is 16.1 Å². The van der Waals surface area contributed by atoms with Gasteiger partial charge in [-0.1, -0.05) is 6.92 Å². The van der Waals surface area contributed by atoms with E-state index in [1.807, 2.05) is 6.92 Å². The largest absolute Gasteiger partial charge is 0.320 e. The number of hydrogen-bond acceptors (Lipinski definition) is 4. The summed E-state index contributed by atoms with van der Waals surface area (Å²) in [7, 11) is 1.52. The Morgan fingerprint density at radius 2 is 2.29 bits per heavy atom. The molecule has 2 heterocycles. The molecule has 92 valence electrons. The molecular formula is C11H16N4O2. The second-order valence-electron chi connectivity index (χ2n) is 4.08. The van der Waals surface area contributed by atoms with E-state index in [9.17, 15) is 9.59 Å². The van der Waals surface area contributed by atoms with Gasteiger partial charge in [0.05, 0.1) is 18.4 Å². The zero-order valence-electron chi connectivity index (χ0n) is 10.0. The number of aromatic nitrogens is 2. The molecule has 1 fully saturated rings. The molecule has 6 heteroatoms. The van der Waals surface area contributed by atoms with Crippen LogP contribution in [-0.4, -0.2) is 39.9 Å². The van der Waals surface area contributed by atoms with Gasteiger partial charge in [0.1, 0.15) is 6.04 Å². The van der Waals surface area contributed by atoms with E-state index in [0.717, 1.165) is 12.2 Å². The molecule has 2 rings (SSSR count). The summed E-state index contributed by atoms with van der Waals surface area (Å²) in [5.74, 6) is -0.297. The second-order valence-corrected chi connectivity index (χ2v) is 4.08. The molecule has 0 aromatic carbocycles. The van der Waals surface area contributed by atoms with Gasteiger partial charge in [-0.25, -0.2) is 4.98 Å². The van der Waals surface area contributed by atoms with Crippen molar-refractivity contribution in [2.24, 2.45) is 0 Å². The van der Waals surface area contributed by atoms with E-state index < -0.39 is 6.04 Å². The third-order valence-corrected chi connectivity index (χ3v) is 3.00. The Bertz CT molecular complexity index is 440. The molecule has 1 aromatic rings. The molecule has 0 spiro atoms. The Morgan fingerprint density at radius 1 is 1.53 bits per heavy atom. The van der Waals surface area contributed by atoms with E-state index in [0.29, 0.717) is 6.54 Å². The molecule has 1 N–H and O–H groups in total. The van der Waals surface area contributed by atoms with Gasteiger partial charge >= 0.3 is 0 Å². The summed E-state index contributed by atoms with van der Waals surface area (Å²) in [6, 6.07) is -0.427. The number of hydrogen-bond donors (Lipinski definition) is 1. The van der Waals surface area contributed by atoms with Gasteiger partial charge in [0.25, 0.3) is 5.91 Å². The van der Waals surface area contributed by atoms with Gasteiger partial charge in [-0.2, -0.15) is 0 Å². The number of likely N-dealkylation sites (tertiary alicyclic amines) is 1. The SMILES string of the molecule is CCNCc1cncn1C1CC(=O)N(C)C1=O. The fraction of sp³-hybridized carbons (Fsp3) is 0.545. The summed E-state index contributed by atoms with van der Waals surface area (Å²) in [6.07, 6.45) is 3.56. The molecular weight excluding hydrogens is 220 g/mol. The lowest BCUT2D eigenvalue weighted by atomic mass is 10.2. The number of nitrogens with one attached hydrogen (secondary N) is 1. The zero-order valence-corrected chi connectivity index (χ0v) is 10.0. The first-order chi connectivity index (χ1) is 8.15. The minimum Gasteiger partial charge on any atom is -0.320 e. The Balaban J connectivity index is 2.20. The van der Waals surface area contributed by atoms with Crippen molar-refractivity contribution in [1.29, 1.82) is 0 Å². The van der Waals surface area contributed by atoms with E-state index in [-0.39, 0.29) is 18.2 Å². The minimum atomic E-state index is -0.427. The van der Waals surface area contributed by atoms with Gasteiger partial charge in [-0.3, -0.25) is 14.5 Å². The molecule has 1 aromatic heterocycles. The number of carbonyl (C=O) groups is 2. The van der Waals surface area contributed by atoms with E-state index in [1.165, 1.54) is 11.9 Å². The maximum Gasteiger partial charge on any atom is 0.252 e. The zero-order chi connectivity index (χ0) is 12.4. The van der Waals surface area contributed by atoms with Crippen molar-refractivity contribution >= 4 is 11.8 Å². The molecule has 6 nitrogen and oxygen atoms in total. The maximum atomic E-state index is 11.9. The van der Waals surface area contributed by atoms with E-state index in [1.54, 1.807) is 17.1 Å². The molecule has 0 saturated carbocycles. The third-order valence-electron chi connectivity index (χ3n) is 3.00. The highest BCUT2D eigenvalue weighted by Gasteiger charge is 2.37. The van der Waals surface area contributed by atoms with Crippen LogP contribution in [0.25, 0.3) is 0 Å². The van der Waals surface area contributed by atoms with Crippen LogP contribution in [0, 0.1) is 0 Å². The number of amides is 2. The normalized spacial score (nSPS) is 20.4.